The number of aromatic carboxylic acids is 1. The third kappa shape index (κ3) is 1.89. The van der Waals surface area contributed by atoms with E-state index in [2.05, 4.69) is 19.7 Å². The molecule has 1 rings (SSSR count). The van der Waals surface area contributed by atoms with E-state index in [0.717, 1.165) is 5.56 Å². The number of carbonyl (C=O) groups is 1. The lowest BCUT2D eigenvalue weighted by molar-refractivity contribution is 0.0696. The number of rotatable bonds is 4. The van der Waals surface area contributed by atoms with Crippen LogP contribution in [0.2, 0.25) is 0 Å². The summed E-state index contributed by atoms with van der Waals surface area (Å²) >= 11 is 0. The predicted molar refractivity (Wildman–Crippen MR) is 63.7 cm³/mol. The third-order valence-electron chi connectivity index (χ3n) is 2.17. The normalized spacial score (nSPS) is 9.33. The van der Waals surface area contributed by atoms with Crippen LogP contribution in [-0.4, -0.2) is 11.1 Å². The standard InChI is InChI=1S/C13H12O2/c1-4-9-7-8-10(5-2)12(13(14)15)11(9)6-3/h4-8H,1-3H2,(H,14,15). The van der Waals surface area contributed by atoms with Crippen molar-refractivity contribution in [1.82, 2.24) is 0 Å². The molecule has 0 aliphatic rings. The molecule has 0 saturated heterocycles. The summed E-state index contributed by atoms with van der Waals surface area (Å²) in [6.45, 7) is 10.8. The topological polar surface area (TPSA) is 37.3 Å². The summed E-state index contributed by atoms with van der Waals surface area (Å²) in [5, 5.41) is 9.10. The summed E-state index contributed by atoms with van der Waals surface area (Å²) in [6.07, 6.45) is 4.65. The van der Waals surface area contributed by atoms with Crippen LogP contribution in [0.15, 0.2) is 31.9 Å². The Morgan fingerprint density at radius 1 is 1.07 bits per heavy atom. The Kier molecular flexibility index (Phi) is 3.24. The van der Waals surface area contributed by atoms with Gasteiger partial charge in [0.25, 0.3) is 0 Å². The number of benzene rings is 1. The van der Waals surface area contributed by atoms with Crippen molar-refractivity contribution < 1.29 is 9.90 Å². The predicted octanol–water partition coefficient (Wildman–Crippen LogP) is 3.31. The summed E-state index contributed by atoms with van der Waals surface area (Å²) in [5.41, 5.74) is 2.14. The fourth-order valence-corrected chi connectivity index (χ4v) is 1.46. The molecule has 15 heavy (non-hydrogen) atoms. The zero-order valence-corrected chi connectivity index (χ0v) is 8.36. The van der Waals surface area contributed by atoms with Gasteiger partial charge in [0, 0.05) is 0 Å². The molecule has 0 bridgehead atoms. The van der Waals surface area contributed by atoms with Crippen molar-refractivity contribution in [3.8, 4) is 0 Å². The molecule has 76 valence electrons. The first-order valence-electron chi connectivity index (χ1n) is 4.43. The van der Waals surface area contributed by atoms with E-state index < -0.39 is 5.97 Å². The molecule has 0 aliphatic heterocycles. The molecule has 0 radical (unpaired) electrons. The van der Waals surface area contributed by atoms with Crippen LogP contribution in [0, 0.1) is 0 Å². The Hall–Kier alpha value is -2.09. The maximum absolute atomic E-state index is 11.1. The Morgan fingerprint density at radius 3 is 2.00 bits per heavy atom. The first-order chi connectivity index (χ1) is 7.15. The van der Waals surface area contributed by atoms with Gasteiger partial charge in [-0.2, -0.15) is 0 Å². The molecular formula is C13H12O2. The van der Waals surface area contributed by atoms with Crippen LogP contribution < -0.4 is 0 Å². The monoisotopic (exact) mass is 200 g/mol. The fourth-order valence-electron chi connectivity index (χ4n) is 1.46. The molecule has 1 N–H and O–H groups in total. The van der Waals surface area contributed by atoms with Crippen molar-refractivity contribution in [2.24, 2.45) is 0 Å². The minimum Gasteiger partial charge on any atom is -0.478 e. The molecule has 2 nitrogen and oxygen atoms in total. The van der Waals surface area contributed by atoms with E-state index in [1.165, 1.54) is 12.2 Å². The van der Waals surface area contributed by atoms with E-state index >= 15 is 0 Å². The molecule has 2 heteroatoms. The summed E-state index contributed by atoms with van der Waals surface area (Å²) in [7, 11) is 0. The second kappa shape index (κ2) is 4.42. The molecule has 0 heterocycles. The van der Waals surface area contributed by atoms with Gasteiger partial charge in [0.15, 0.2) is 0 Å². The fraction of sp³-hybridized carbons (Fsp3) is 0. The van der Waals surface area contributed by atoms with Crippen LogP contribution in [-0.2, 0) is 0 Å². The van der Waals surface area contributed by atoms with Gasteiger partial charge in [0.2, 0.25) is 0 Å². The van der Waals surface area contributed by atoms with Crippen molar-refractivity contribution in [1.29, 1.82) is 0 Å². The summed E-state index contributed by atoms with van der Waals surface area (Å²) in [4.78, 5) is 11.1. The zero-order chi connectivity index (χ0) is 11.4. The molecule has 0 spiro atoms. The van der Waals surface area contributed by atoms with Gasteiger partial charge in [-0.25, -0.2) is 4.79 Å². The molecule has 0 amide bonds. The SMILES string of the molecule is C=Cc1ccc(C=C)c(C(=O)O)c1C=C. The molecule has 0 aromatic heterocycles. The second-order valence-electron chi connectivity index (χ2n) is 2.95. The van der Waals surface area contributed by atoms with E-state index in [1.54, 1.807) is 18.2 Å². The quantitative estimate of drug-likeness (QED) is 0.809. The van der Waals surface area contributed by atoms with Crippen molar-refractivity contribution in [2.75, 3.05) is 0 Å². The zero-order valence-electron chi connectivity index (χ0n) is 8.36. The van der Waals surface area contributed by atoms with E-state index in [1.807, 2.05) is 0 Å². The summed E-state index contributed by atoms with van der Waals surface area (Å²) in [5.74, 6) is -0.983. The maximum atomic E-state index is 11.1. The largest absolute Gasteiger partial charge is 0.478 e. The van der Waals surface area contributed by atoms with Crippen LogP contribution in [0.5, 0.6) is 0 Å². The van der Waals surface area contributed by atoms with Gasteiger partial charge < -0.3 is 5.11 Å². The first-order valence-corrected chi connectivity index (χ1v) is 4.43. The summed E-state index contributed by atoms with van der Waals surface area (Å²) in [6, 6.07) is 3.51. The van der Waals surface area contributed by atoms with E-state index in [0.29, 0.717) is 11.1 Å². The van der Waals surface area contributed by atoms with Gasteiger partial charge in [-0.05, 0) is 16.7 Å². The highest BCUT2D eigenvalue weighted by atomic mass is 16.4. The smallest absolute Gasteiger partial charge is 0.336 e. The molecule has 0 atom stereocenters. The minimum absolute atomic E-state index is 0.220. The summed E-state index contributed by atoms with van der Waals surface area (Å²) < 4.78 is 0. The van der Waals surface area contributed by atoms with Gasteiger partial charge in [0.05, 0.1) is 5.56 Å². The Morgan fingerprint density at radius 2 is 1.60 bits per heavy atom. The van der Waals surface area contributed by atoms with E-state index in [-0.39, 0.29) is 5.56 Å². The van der Waals surface area contributed by atoms with Crippen molar-refractivity contribution in [3.63, 3.8) is 0 Å². The molecule has 1 aromatic carbocycles. The lowest BCUT2D eigenvalue weighted by Gasteiger charge is -2.08. The van der Waals surface area contributed by atoms with Gasteiger partial charge in [0.1, 0.15) is 0 Å². The Balaban J connectivity index is 3.65. The van der Waals surface area contributed by atoms with Crippen molar-refractivity contribution in [2.45, 2.75) is 0 Å². The molecule has 0 aliphatic carbocycles. The van der Waals surface area contributed by atoms with Crippen LogP contribution in [0.4, 0.5) is 0 Å². The van der Waals surface area contributed by atoms with Gasteiger partial charge in [-0.15, -0.1) is 0 Å². The van der Waals surface area contributed by atoms with E-state index in [4.69, 9.17) is 5.11 Å². The average molecular weight is 200 g/mol. The highest BCUT2D eigenvalue weighted by Gasteiger charge is 2.14. The molecule has 0 saturated carbocycles. The van der Waals surface area contributed by atoms with E-state index in [9.17, 15) is 4.79 Å². The molecule has 0 unspecified atom stereocenters. The second-order valence-corrected chi connectivity index (χ2v) is 2.95. The highest BCUT2D eigenvalue weighted by molar-refractivity contribution is 5.97. The number of carboxylic acid groups (broad SMARTS) is 1. The van der Waals surface area contributed by atoms with Gasteiger partial charge >= 0.3 is 5.97 Å². The molecular weight excluding hydrogens is 188 g/mol. The first kappa shape index (κ1) is 11.0. The van der Waals surface area contributed by atoms with Crippen LogP contribution >= 0.6 is 0 Å². The molecule has 1 aromatic rings. The third-order valence-corrected chi connectivity index (χ3v) is 2.17. The number of hydrogen-bond acceptors (Lipinski definition) is 1. The van der Waals surface area contributed by atoms with Crippen molar-refractivity contribution in [3.05, 3.63) is 54.1 Å². The molecule has 0 fully saturated rings. The van der Waals surface area contributed by atoms with Crippen molar-refractivity contribution >= 4 is 24.2 Å². The Bertz CT molecular complexity index is 442. The highest BCUT2D eigenvalue weighted by Crippen LogP contribution is 2.22. The number of hydrogen-bond donors (Lipinski definition) is 1. The minimum atomic E-state index is -0.983. The van der Waals surface area contributed by atoms with Gasteiger partial charge in [-0.3, -0.25) is 0 Å². The maximum Gasteiger partial charge on any atom is 0.336 e. The Labute approximate surface area is 88.9 Å². The van der Waals surface area contributed by atoms with Crippen LogP contribution in [0.25, 0.3) is 18.2 Å². The van der Waals surface area contributed by atoms with Gasteiger partial charge in [-0.1, -0.05) is 50.1 Å². The lowest BCUT2D eigenvalue weighted by atomic mass is 9.96. The van der Waals surface area contributed by atoms with Crippen LogP contribution in [0.1, 0.15) is 27.0 Å². The van der Waals surface area contributed by atoms with Crippen LogP contribution in [0.3, 0.4) is 0 Å². The lowest BCUT2D eigenvalue weighted by Crippen LogP contribution is -2.04. The number of carboxylic acids is 1. The average Bonchev–Trinajstić information content (AvgIpc) is 2.26.